The van der Waals surface area contributed by atoms with Gasteiger partial charge in [-0.25, -0.2) is 5.43 Å². The van der Waals surface area contributed by atoms with Crippen molar-refractivity contribution in [2.45, 2.75) is 6.92 Å². The number of rotatable bonds is 6. The number of hydrazone groups is 1. The first-order chi connectivity index (χ1) is 14.1. The maximum absolute atomic E-state index is 12.7. The van der Waals surface area contributed by atoms with Crippen LogP contribution in [0.1, 0.15) is 38.8 Å². The van der Waals surface area contributed by atoms with Gasteiger partial charge in [-0.2, -0.15) is 5.10 Å². The van der Waals surface area contributed by atoms with Crippen LogP contribution in [0.15, 0.2) is 90.0 Å². The lowest BCUT2D eigenvalue weighted by atomic mass is 10.0. The molecule has 0 aliphatic carbocycles. The molecule has 0 atom stereocenters. The molecule has 0 saturated heterocycles. The minimum Gasteiger partial charge on any atom is -0.342 e. The smallest absolute Gasteiger partial charge is 0.271 e. The number of carbonyl (C=O) groups excluding carboxylic acids is 2. The van der Waals surface area contributed by atoms with Gasteiger partial charge in [0.25, 0.3) is 11.8 Å². The van der Waals surface area contributed by atoms with Crippen LogP contribution in [0.2, 0.25) is 0 Å². The Kier molecular flexibility index (Phi) is 6.53. The van der Waals surface area contributed by atoms with Gasteiger partial charge in [0.05, 0.1) is 5.71 Å². The average molecular weight is 385 g/mol. The number of nitrogens with one attached hydrogen (secondary N) is 1. The molecule has 146 valence electrons. The summed E-state index contributed by atoms with van der Waals surface area (Å²) in [4.78, 5) is 26.6. The van der Waals surface area contributed by atoms with Crippen LogP contribution in [-0.4, -0.2) is 36.0 Å². The number of hydrogen-bond donors (Lipinski definition) is 1. The maximum Gasteiger partial charge on any atom is 0.271 e. The van der Waals surface area contributed by atoms with Crippen molar-refractivity contribution in [2.24, 2.45) is 5.10 Å². The zero-order valence-electron chi connectivity index (χ0n) is 16.5. The third-order valence-corrected chi connectivity index (χ3v) is 4.56. The van der Waals surface area contributed by atoms with Crippen LogP contribution in [0.5, 0.6) is 0 Å². The molecule has 0 unspecified atom stereocenters. The third kappa shape index (κ3) is 4.96. The van der Waals surface area contributed by atoms with Crippen molar-refractivity contribution >= 4 is 17.5 Å². The highest BCUT2D eigenvalue weighted by molar-refractivity contribution is 6.13. The van der Waals surface area contributed by atoms with E-state index in [1.807, 2.05) is 67.6 Å². The van der Waals surface area contributed by atoms with Crippen molar-refractivity contribution in [1.82, 2.24) is 10.3 Å². The second-order valence-corrected chi connectivity index (χ2v) is 6.53. The molecule has 3 aromatic rings. The predicted molar refractivity (Wildman–Crippen MR) is 115 cm³/mol. The van der Waals surface area contributed by atoms with Crippen LogP contribution in [0.25, 0.3) is 0 Å². The minimum atomic E-state index is -0.372. The Labute approximate surface area is 170 Å². The molecule has 0 saturated carbocycles. The quantitative estimate of drug-likeness (QED) is 0.516. The monoisotopic (exact) mass is 385 g/mol. The highest BCUT2D eigenvalue weighted by atomic mass is 16.2. The van der Waals surface area contributed by atoms with Crippen LogP contribution in [0.4, 0.5) is 0 Å². The highest BCUT2D eigenvalue weighted by Crippen LogP contribution is 2.11. The van der Waals surface area contributed by atoms with Crippen LogP contribution in [-0.2, 0) is 0 Å². The SMILES string of the molecule is CCN(C)C(=O)c1cccc(C(=O)NN=C(c2ccccc2)c2ccccc2)c1. The Bertz CT molecular complexity index is 973. The molecule has 3 rings (SSSR count). The van der Waals surface area contributed by atoms with Gasteiger partial charge in [0.1, 0.15) is 0 Å². The summed E-state index contributed by atoms with van der Waals surface area (Å²) in [7, 11) is 1.73. The summed E-state index contributed by atoms with van der Waals surface area (Å²) in [6, 6.07) is 26.0. The van der Waals surface area contributed by atoms with E-state index < -0.39 is 0 Å². The molecule has 0 aliphatic heterocycles. The first-order valence-electron chi connectivity index (χ1n) is 9.44. The van der Waals surface area contributed by atoms with Crippen molar-refractivity contribution in [1.29, 1.82) is 0 Å². The highest BCUT2D eigenvalue weighted by Gasteiger charge is 2.13. The van der Waals surface area contributed by atoms with Gasteiger partial charge in [-0.05, 0) is 25.1 Å². The Balaban J connectivity index is 1.87. The first kappa shape index (κ1) is 20.0. The van der Waals surface area contributed by atoms with Gasteiger partial charge < -0.3 is 4.90 Å². The molecule has 5 nitrogen and oxygen atoms in total. The molecular weight excluding hydrogens is 362 g/mol. The van der Waals surface area contributed by atoms with Crippen molar-refractivity contribution in [2.75, 3.05) is 13.6 Å². The summed E-state index contributed by atoms with van der Waals surface area (Å²) < 4.78 is 0. The summed E-state index contributed by atoms with van der Waals surface area (Å²) in [6.07, 6.45) is 0. The van der Waals surface area contributed by atoms with Crippen molar-refractivity contribution in [3.8, 4) is 0 Å². The van der Waals surface area contributed by atoms with Gasteiger partial charge in [-0.3, -0.25) is 9.59 Å². The molecule has 0 aliphatic rings. The van der Waals surface area contributed by atoms with Crippen molar-refractivity contribution < 1.29 is 9.59 Å². The second kappa shape index (κ2) is 9.46. The molecule has 5 heteroatoms. The lowest BCUT2D eigenvalue weighted by Crippen LogP contribution is -2.27. The summed E-state index contributed by atoms with van der Waals surface area (Å²) in [5.74, 6) is -0.497. The van der Waals surface area contributed by atoms with E-state index in [0.717, 1.165) is 11.1 Å². The lowest BCUT2D eigenvalue weighted by Gasteiger charge is -2.14. The van der Waals surface area contributed by atoms with Crippen molar-refractivity contribution in [3.05, 3.63) is 107 Å². The molecule has 0 spiro atoms. The fourth-order valence-electron chi connectivity index (χ4n) is 2.82. The van der Waals surface area contributed by atoms with E-state index in [2.05, 4.69) is 10.5 Å². The van der Waals surface area contributed by atoms with Crippen LogP contribution >= 0.6 is 0 Å². The Morgan fingerprint density at radius 2 is 1.31 bits per heavy atom. The van der Waals surface area contributed by atoms with E-state index in [1.54, 1.807) is 36.2 Å². The summed E-state index contributed by atoms with van der Waals surface area (Å²) in [5, 5.41) is 4.39. The van der Waals surface area contributed by atoms with Crippen LogP contribution in [0.3, 0.4) is 0 Å². The minimum absolute atomic E-state index is 0.125. The van der Waals surface area contributed by atoms with Gasteiger partial charge in [0.15, 0.2) is 0 Å². The second-order valence-electron chi connectivity index (χ2n) is 6.53. The van der Waals surface area contributed by atoms with E-state index in [9.17, 15) is 9.59 Å². The zero-order valence-corrected chi connectivity index (χ0v) is 16.5. The van der Waals surface area contributed by atoms with Crippen LogP contribution in [0, 0.1) is 0 Å². The first-order valence-corrected chi connectivity index (χ1v) is 9.44. The van der Waals surface area contributed by atoms with E-state index in [4.69, 9.17) is 0 Å². The zero-order chi connectivity index (χ0) is 20.6. The molecule has 0 bridgehead atoms. The summed E-state index contributed by atoms with van der Waals surface area (Å²) in [6.45, 7) is 2.49. The standard InChI is InChI=1S/C24H23N3O2/c1-3-27(2)24(29)21-16-10-15-20(17-21)23(28)26-25-22(18-11-6-4-7-12-18)19-13-8-5-9-14-19/h4-17H,3H2,1-2H3,(H,26,28). The van der Waals surface area contributed by atoms with Gasteiger partial charge >= 0.3 is 0 Å². The van der Waals surface area contributed by atoms with Crippen LogP contribution < -0.4 is 5.43 Å². The summed E-state index contributed by atoms with van der Waals surface area (Å²) >= 11 is 0. The Hall–Kier alpha value is -3.73. The molecule has 0 fully saturated rings. The Morgan fingerprint density at radius 3 is 1.86 bits per heavy atom. The topological polar surface area (TPSA) is 61.8 Å². The van der Waals surface area contributed by atoms with Gasteiger partial charge in [-0.15, -0.1) is 0 Å². The molecule has 29 heavy (non-hydrogen) atoms. The molecule has 0 heterocycles. The van der Waals surface area contributed by atoms with Gasteiger partial charge in [0.2, 0.25) is 0 Å². The number of carbonyl (C=O) groups is 2. The fraction of sp³-hybridized carbons (Fsp3) is 0.125. The molecule has 1 N–H and O–H groups in total. The maximum atomic E-state index is 12.7. The fourth-order valence-corrected chi connectivity index (χ4v) is 2.82. The lowest BCUT2D eigenvalue weighted by molar-refractivity contribution is 0.0802. The predicted octanol–water partition coefficient (Wildman–Crippen LogP) is 3.96. The van der Waals surface area contributed by atoms with E-state index in [0.29, 0.717) is 23.4 Å². The molecule has 3 aromatic carbocycles. The van der Waals surface area contributed by atoms with E-state index in [1.165, 1.54) is 0 Å². The number of hydrogen-bond acceptors (Lipinski definition) is 3. The average Bonchev–Trinajstić information content (AvgIpc) is 2.79. The largest absolute Gasteiger partial charge is 0.342 e. The molecule has 0 radical (unpaired) electrons. The molecular formula is C24H23N3O2. The molecule has 0 aromatic heterocycles. The van der Waals surface area contributed by atoms with Gasteiger partial charge in [-0.1, -0.05) is 66.7 Å². The third-order valence-electron chi connectivity index (χ3n) is 4.56. The molecule has 2 amide bonds. The van der Waals surface area contributed by atoms with Gasteiger partial charge in [0, 0.05) is 35.8 Å². The normalized spacial score (nSPS) is 10.1. The van der Waals surface area contributed by atoms with E-state index in [-0.39, 0.29) is 11.8 Å². The number of nitrogens with zero attached hydrogens (tertiary/aromatic N) is 2. The number of benzene rings is 3. The Morgan fingerprint density at radius 1 is 0.793 bits per heavy atom. The van der Waals surface area contributed by atoms with Crippen molar-refractivity contribution in [3.63, 3.8) is 0 Å². The number of amides is 2. The summed E-state index contributed by atoms with van der Waals surface area (Å²) in [5.41, 5.74) is 5.93. The van der Waals surface area contributed by atoms with E-state index >= 15 is 0 Å².